The van der Waals surface area contributed by atoms with Crippen LogP contribution in [0.3, 0.4) is 0 Å². The third-order valence-corrected chi connectivity index (χ3v) is 1.83. The molecule has 0 N–H and O–H groups in total. The van der Waals surface area contributed by atoms with Crippen molar-refractivity contribution >= 4 is 0 Å². The lowest BCUT2D eigenvalue weighted by Crippen LogP contribution is -2.07. The molecule has 0 spiro atoms. The first-order valence-corrected chi connectivity index (χ1v) is 4.69. The van der Waals surface area contributed by atoms with Crippen LogP contribution in [0, 0.1) is 0 Å². The Morgan fingerprint density at radius 1 is 1.29 bits per heavy atom. The van der Waals surface area contributed by atoms with Crippen LogP contribution in [0.25, 0.3) is 0 Å². The van der Waals surface area contributed by atoms with Crippen LogP contribution < -0.4 is 9.47 Å². The molecule has 0 bridgehead atoms. The van der Waals surface area contributed by atoms with E-state index in [4.69, 9.17) is 9.47 Å². The monoisotopic (exact) mass is 192 g/mol. The third-order valence-electron chi connectivity index (χ3n) is 1.83. The van der Waals surface area contributed by atoms with Crippen LogP contribution in [0.4, 0.5) is 0 Å². The van der Waals surface area contributed by atoms with Crippen molar-refractivity contribution in [3.05, 3.63) is 36.4 Å². The van der Waals surface area contributed by atoms with E-state index < -0.39 is 0 Å². The van der Waals surface area contributed by atoms with Gasteiger partial charge in [0.05, 0.1) is 7.11 Å². The zero-order valence-corrected chi connectivity index (χ0v) is 8.86. The average molecular weight is 192 g/mol. The molecule has 14 heavy (non-hydrogen) atoms. The van der Waals surface area contributed by atoms with E-state index in [1.165, 1.54) is 0 Å². The second kappa shape index (κ2) is 5.32. The summed E-state index contributed by atoms with van der Waals surface area (Å²) in [5, 5.41) is 0. The fraction of sp³-hybridized carbons (Fsp3) is 0.333. The third kappa shape index (κ3) is 3.13. The lowest BCUT2D eigenvalue weighted by molar-refractivity contribution is 0.268. The Labute approximate surface area is 85.2 Å². The van der Waals surface area contributed by atoms with Gasteiger partial charge in [0.25, 0.3) is 0 Å². The minimum Gasteiger partial charge on any atom is -0.497 e. The molecule has 1 aromatic carbocycles. The molecule has 2 heteroatoms. The van der Waals surface area contributed by atoms with Gasteiger partial charge in [-0.05, 0) is 32.1 Å². The van der Waals surface area contributed by atoms with Crippen molar-refractivity contribution in [2.45, 2.75) is 20.0 Å². The maximum absolute atomic E-state index is 5.63. The summed E-state index contributed by atoms with van der Waals surface area (Å²) in [4.78, 5) is 0. The summed E-state index contributed by atoms with van der Waals surface area (Å²) in [5.41, 5.74) is 0. The average Bonchev–Trinajstić information content (AvgIpc) is 2.18. The second-order valence-corrected chi connectivity index (χ2v) is 3.03. The lowest BCUT2D eigenvalue weighted by Gasteiger charge is -2.11. The zero-order chi connectivity index (χ0) is 10.4. The van der Waals surface area contributed by atoms with Gasteiger partial charge in [0.2, 0.25) is 0 Å². The van der Waals surface area contributed by atoms with Crippen LogP contribution in [0.1, 0.15) is 13.8 Å². The summed E-state index contributed by atoms with van der Waals surface area (Å²) in [7, 11) is 1.65. The predicted octanol–water partition coefficient (Wildman–Crippen LogP) is 3.04. The van der Waals surface area contributed by atoms with Gasteiger partial charge in [0.15, 0.2) is 0 Å². The van der Waals surface area contributed by atoms with Crippen LogP contribution in [0.15, 0.2) is 36.4 Å². The smallest absolute Gasteiger partial charge is 0.123 e. The van der Waals surface area contributed by atoms with E-state index in [0.717, 1.165) is 11.5 Å². The maximum atomic E-state index is 5.63. The number of hydrogen-bond donors (Lipinski definition) is 0. The molecule has 1 aromatic rings. The van der Waals surface area contributed by atoms with Gasteiger partial charge in [-0.1, -0.05) is 12.1 Å². The molecule has 2 nitrogen and oxygen atoms in total. The first kappa shape index (κ1) is 10.6. The molecule has 0 amide bonds. The number of rotatable bonds is 4. The molecule has 0 saturated heterocycles. The molecule has 0 aliphatic carbocycles. The van der Waals surface area contributed by atoms with Gasteiger partial charge in [0, 0.05) is 6.07 Å². The highest BCUT2D eigenvalue weighted by Crippen LogP contribution is 2.19. The van der Waals surface area contributed by atoms with E-state index in [1.807, 2.05) is 50.3 Å². The highest BCUT2D eigenvalue weighted by molar-refractivity contribution is 5.33. The van der Waals surface area contributed by atoms with Crippen molar-refractivity contribution < 1.29 is 9.47 Å². The zero-order valence-electron chi connectivity index (χ0n) is 8.86. The number of benzene rings is 1. The summed E-state index contributed by atoms with van der Waals surface area (Å²) in [5.74, 6) is 1.64. The standard InChI is InChI=1S/C12H16O2/c1-4-6-10(2)14-12-8-5-7-11(9-12)13-3/h4-10H,1-3H3/b6-4+. The van der Waals surface area contributed by atoms with E-state index >= 15 is 0 Å². The molecule has 0 heterocycles. The summed E-state index contributed by atoms with van der Waals surface area (Å²) in [6.45, 7) is 3.98. The van der Waals surface area contributed by atoms with Crippen LogP contribution in [0.5, 0.6) is 11.5 Å². The van der Waals surface area contributed by atoms with Gasteiger partial charge < -0.3 is 9.47 Å². The Balaban J connectivity index is 2.66. The summed E-state index contributed by atoms with van der Waals surface area (Å²) in [6.07, 6.45) is 4.07. The molecule has 0 saturated carbocycles. The maximum Gasteiger partial charge on any atom is 0.123 e. The Bertz CT molecular complexity index is 305. The van der Waals surface area contributed by atoms with E-state index in [1.54, 1.807) is 7.11 Å². The van der Waals surface area contributed by atoms with Crippen LogP contribution in [-0.2, 0) is 0 Å². The fourth-order valence-electron chi connectivity index (χ4n) is 1.20. The molecule has 0 aliphatic heterocycles. The molecular formula is C12H16O2. The van der Waals surface area contributed by atoms with Crippen LogP contribution in [0.2, 0.25) is 0 Å². The highest BCUT2D eigenvalue weighted by Gasteiger charge is 2.00. The van der Waals surface area contributed by atoms with Crippen molar-refractivity contribution in [2.75, 3.05) is 7.11 Å². The van der Waals surface area contributed by atoms with E-state index in [2.05, 4.69) is 0 Å². The predicted molar refractivity (Wildman–Crippen MR) is 57.9 cm³/mol. The topological polar surface area (TPSA) is 18.5 Å². The molecule has 0 aliphatic rings. The minimum atomic E-state index is 0.0899. The SMILES string of the molecule is C/C=C/C(C)Oc1cccc(OC)c1. The fourth-order valence-corrected chi connectivity index (χ4v) is 1.20. The largest absolute Gasteiger partial charge is 0.497 e. The van der Waals surface area contributed by atoms with Gasteiger partial charge >= 0.3 is 0 Å². The van der Waals surface area contributed by atoms with Crippen molar-refractivity contribution in [3.63, 3.8) is 0 Å². The molecule has 0 radical (unpaired) electrons. The highest BCUT2D eigenvalue weighted by atomic mass is 16.5. The Morgan fingerprint density at radius 2 is 2.00 bits per heavy atom. The second-order valence-electron chi connectivity index (χ2n) is 3.03. The van der Waals surface area contributed by atoms with E-state index in [9.17, 15) is 0 Å². The first-order valence-electron chi connectivity index (χ1n) is 4.69. The molecule has 1 atom stereocenters. The van der Waals surface area contributed by atoms with E-state index in [-0.39, 0.29) is 6.10 Å². The summed E-state index contributed by atoms with van der Waals surface area (Å²) >= 11 is 0. The van der Waals surface area contributed by atoms with Crippen LogP contribution in [-0.4, -0.2) is 13.2 Å². The number of ether oxygens (including phenoxy) is 2. The Hall–Kier alpha value is -1.44. The number of allylic oxidation sites excluding steroid dienone is 1. The molecule has 0 aromatic heterocycles. The van der Waals surface area contributed by atoms with Gasteiger partial charge in [-0.15, -0.1) is 0 Å². The van der Waals surface area contributed by atoms with Gasteiger partial charge in [-0.2, -0.15) is 0 Å². The quantitative estimate of drug-likeness (QED) is 0.683. The molecular weight excluding hydrogens is 176 g/mol. The summed E-state index contributed by atoms with van der Waals surface area (Å²) < 4.78 is 10.7. The molecule has 1 unspecified atom stereocenters. The minimum absolute atomic E-state index is 0.0899. The molecule has 1 rings (SSSR count). The Kier molecular flexibility index (Phi) is 4.05. The first-order chi connectivity index (χ1) is 6.76. The lowest BCUT2D eigenvalue weighted by atomic mass is 10.3. The van der Waals surface area contributed by atoms with Gasteiger partial charge in [-0.25, -0.2) is 0 Å². The van der Waals surface area contributed by atoms with Crippen molar-refractivity contribution in [1.29, 1.82) is 0 Å². The Morgan fingerprint density at radius 3 is 2.64 bits per heavy atom. The van der Waals surface area contributed by atoms with Crippen molar-refractivity contribution in [1.82, 2.24) is 0 Å². The van der Waals surface area contributed by atoms with Gasteiger partial charge in [-0.3, -0.25) is 0 Å². The number of methoxy groups -OCH3 is 1. The number of hydrogen-bond acceptors (Lipinski definition) is 2. The summed E-state index contributed by atoms with van der Waals surface area (Å²) in [6, 6.07) is 7.60. The van der Waals surface area contributed by atoms with Crippen molar-refractivity contribution in [3.8, 4) is 11.5 Å². The normalized spacial score (nSPS) is 12.8. The molecule has 76 valence electrons. The van der Waals surface area contributed by atoms with Crippen molar-refractivity contribution in [2.24, 2.45) is 0 Å². The van der Waals surface area contributed by atoms with Gasteiger partial charge in [0.1, 0.15) is 17.6 Å². The van der Waals surface area contributed by atoms with Crippen LogP contribution >= 0.6 is 0 Å². The molecule has 0 fully saturated rings. The van der Waals surface area contributed by atoms with E-state index in [0.29, 0.717) is 0 Å².